The summed E-state index contributed by atoms with van der Waals surface area (Å²) >= 11 is 12.2. The molecule has 204 valence electrons. The highest BCUT2D eigenvalue weighted by Crippen LogP contribution is 2.43. The second kappa shape index (κ2) is 11.5. The molecule has 13 heteroatoms. The minimum atomic E-state index is -4.45. The van der Waals surface area contributed by atoms with E-state index in [2.05, 4.69) is 0 Å². The van der Waals surface area contributed by atoms with Crippen LogP contribution in [0.5, 0.6) is 0 Å². The highest BCUT2D eigenvalue weighted by molar-refractivity contribution is 7.93. The summed E-state index contributed by atoms with van der Waals surface area (Å²) < 4.78 is 58.6. The van der Waals surface area contributed by atoms with E-state index in [4.69, 9.17) is 37.4 Å². The predicted octanol–water partition coefficient (Wildman–Crippen LogP) is 5.93. The smallest absolute Gasteiger partial charge is 0.414 e. The molecule has 1 aliphatic heterocycles. The molecule has 0 aromatic heterocycles. The van der Waals surface area contributed by atoms with Crippen molar-refractivity contribution in [3.8, 4) is 0 Å². The normalized spacial score (nSPS) is 14.3. The summed E-state index contributed by atoms with van der Waals surface area (Å²) in [5.41, 5.74) is -1.33. The van der Waals surface area contributed by atoms with Crippen LogP contribution in [0.15, 0.2) is 41.3 Å². The Morgan fingerprint density at radius 2 is 1.65 bits per heavy atom. The molecule has 0 bridgehead atoms. The Morgan fingerprint density at radius 1 is 1.05 bits per heavy atom. The summed E-state index contributed by atoms with van der Waals surface area (Å²) in [6.07, 6.45) is -0.0428. The third-order valence-corrected chi connectivity index (χ3v) is 8.61. The van der Waals surface area contributed by atoms with Gasteiger partial charge in [-0.15, -0.1) is 0 Å². The monoisotopic (exact) mass is 592 g/mol. The molecule has 0 saturated carbocycles. The van der Waals surface area contributed by atoms with Gasteiger partial charge >= 0.3 is 11.7 Å². The zero-order valence-corrected chi connectivity index (χ0v) is 24.8. The first-order chi connectivity index (χ1) is 17.3. The van der Waals surface area contributed by atoms with Crippen molar-refractivity contribution in [2.45, 2.75) is 57.2 Å². The van der Waals surface area contributed by atoms with Crippen LogP contribution in [0, 0.1) is 0 Å². The summed E-state index contributed by atoms with van der Waals surface area (Å²) in [6.45, 7) is 9.03. The van der Waals surface area contributed by atoms with Crippen LogP contribution in [0.2, 0.25) is 10.0 Å². The van der Waals surface area contributed by atoms with Gasteiger partial charge in [0.25, 0.3) is 10.0 Å². The molecule has 0 aliphatic carbocycles. The van der Waals surface area contributed by atoms with Crippen LogP contribution < -0.4 is 9.21 Å². The van der Waals surface area contributed by atoms with Crippen molar-refractivity contribution >= 4 is 59.2 Å². The van der Waals surface area contributed by atoms with Gasteiger partial charge in [0.05, 0.1) is 16.3 Å². The number of carbonyl (C=O) groups is 1. The minimum Gasteiger partial charge on any atom is -0.443 e. The Morgan fingerprint density at radius 3 is 2.16 bits per heavy atom. The lowest BCUT2D eigenvalue weighted by Crippen LogP contribution is -2.52. The molecular formula is C24H31Cl2N2O7PS. The van der Waals surface area contributed by atoms with E-state index in [1.807, 2.05) is 0 Å². The molecule has 1 aliphatic rings. The first kappa shape index (κ1) is 29.7. The number of halogens is 2. The molecule has 1 atom stereocenters. The molecule has 2 aromatic rings. The van der Waals surface area contributed by atoms with Crippen molar-refractivity contribution in [2.75, 3.05) is 29.0 Å². The molecule has 1 amide bonds. The Balaban J connectivity index is 2.18. The van der Waals surface area contributed by atoms with Crippen molar-refractivity contribution in [1.29, 1.82) is 0 Å². The summed E-state index contributed by atoms with van der Waals surface area (Å²) in [7, 11) is -6.41. The Hall–Kier alpha value is -1.81. The fourth-order valence-corrected chi connectivity index (χ4v) is 7.49. The average molecular weight is 593 g/mol. The summed E-state index contributed by atoms with van der Waals surface area (Å²) in [6, 6.07) is 8.65. The van der Waals surface area contributed by atoms with Crippen LogP contribution in [0.1, 0.15) is 40.2 Å². The maximum Gasteiger partial charge on any atom is 0.414 e. The third-order valence-electron chi connectivity index (χ3n) is 5.32. The molecule has 0 N–H and O–H groups in total. The molecule has 37 heavy (non-hydrogen) atoms. The van der Waals surface area contributed by atoms with Gasteiger partial charge in [-0.25, -0.2) is 17.5 Å². The average Bonchev–Trinajstić information content (AvgIpc) is 3.21. The Bertz CT molecular complexity index is 1260. The molecule has 0 saturated heterocycles. The number of fused-ring (bicyclic) bond motifs is 1. The molecule has 1 heterocycles. The summed E-state index contributed by atoms with van der Waals surface area (Å²) in [4.78, 5) is 14.0. The van der Waals surface area contributed by atoms with Gasteiger partial charge in [0, 0.05) is 29.8 Å². The molecule has 0 radical (unpaired) electrons. The first-order valence-corrected chi connectivity index (χ1v) is 14.9. The second-order valence-corrected chi connectivity index (χ2v) is 12.8. The van der Waals surface area contributed by atoms with Crippen LogP contribution >= 0.6 is 31.7 Å². The van der Waals surface area contributed by atoms with Crippen molar-refractivity contribution in [3.63, 3.8) is 0 Å². The highest BCUT2D eigenvalue weighted by Gasteiger charge is 2.47. The van der Waals surface area contributed by atoms with E-state index >= 15 is 0 Å². The number of hydrogen-bond acceptors (Lipinski definition) is 7. The second-order valence-electron chi connectivity index (χ2n) is 9.18. The number of anilines is 2. The predicted molar refractivity (Wildman–Crippen MR) is 146 cm³/mol. The molecule has 0 fully saturated rings. The lowest BCUT2D eigenvalue weighted by molar-refractivity contribution is -0.160. The van der Waals surface area contributed by atoms with Gasteiger partial charge in [0.1, 0.15) is 14.1 Å². The molecule has 9 nitrogen and oxygen atoms in total. The largest absolute Gasteiger partial charge is 0.443 e. The summed E-state index contributed by atoms with van der Waals surface area (Å²) in [5.74, 6) is 0. The number of benzene rings is 2. The number of sulfonamides is 1. The highest BCUT2D eigenvalue weighted by atomic mass is 35.5. The maximum atomic E-state index is 14.1. The van der Waals surface area contributed by atoms with Gasteiger partial charge in [-0.2, -0.15) is 0 Å². The van der Waals surface area contributed by atoms with Crippen LogP contribution in [0.3, 0.4) is 0 Å². The molecule has 3 rings (SSSR count). The van der Waals surface area contributed by atoms with E-state index in [1.165, 1.54) is 29.2 Å². The SMILES string of the molecule is CCOC(OCC)([PH2]=O)N(c1ccc2c(c1)CCN2C(=O)OC(C)(C)C)S(=O)(=O)c1cc(Cl)cc(Cl)c1. The Kier molecular flexibility index (Phi) is 9.26. The lowest BCUT2D eigenvalue weighted by atomic mass is 10.1. The van der Waals surface area contributed by atoms with Gasteiger partial charge in [0.2, 0.25) is 0 Å². The van der Waals surface area contributed by atoms with Gasteiger partial charge in [-0.05, 0) is 83.0 Å². The number of hydrogen-bond donors (Lipinski definition) is 0. The van der Waals surface area contributed by atoms with Crippen molar-refractivity contribution < 1.29 is 32.0 Å². The molecular weight excluding hydrogens is 562 g/mol. The third kappa shape index (κ3) is 6.44. The van der Waals surface area contributed by atoms with E-state index in [0.29, 0.717) is 24.2 Å². The van der Waals surface area contributed by atoms with Gasteiger partial charge in [0.15, 0.2) is 0 Å². The number of nitrogens with zero attached hydrogens (tertiary/aromatic N) is 2. The Labute approximate surface area is 228 Å². The molecule has 2 aromatic carbocycles. The summed E-state index contributed by atoms with van der Waals surface area (Å²) in [5, 5.41) is 0.224. The van der Waals surface area contributed by atoms with E-state index in [0.717, 1.165) is 4.31 Å². The van der Waals surface area contributed by atoms with Crippen LogP contribution in [-0.2, 0) is 35.2 Å². The van der Waals surface area contributed by atoms with Crippen molar-refractivity contribution in [3.05, 3.63) is 52.0 Å². The quantitative estimate of drug-likeness (QED) is 0.263. The van der Waals surface area contributed by atoms with Gasteiger partial charge in [-0.3, -0.25) is 4.90 Å². The van der Waals surface area contributed by atoms with E-state index in [9.17, 15) is 17.8 Å². The van der Waals surface area contributed by atoms with Crippen molar-refractivity contribution in [2.24, 2.45) is 0 Å². The fraction of sp³-hybridized carbons (Fsp3) is 0.458. The van der Waals surface area contributed by atoms with E-state index < -0.39 is 35.8 Å². The molecule has 1 unspecified atom stereocenters. The standard InChI is InChI=1S/C24H31Cl2N2O7PS/c1-6-33-24(36-30,34-7-2)28(37(31,32)20-14-17(25)13-18(26)15-20)19-8-9-21-16(12-19)10-11-27(21)22(29)35-23(3,4)5/h8-9,12-15H,6-7,10-11,36H2,1-5H3. The van der Waals surface area contributed by atoms with Crippen LogP contribution in [0.25, 0.3) is 0 Å². The van der Waals surface area contributed by atoms with Gasteiger partial charge < -0.3 is 18.8 Å². The number of carbonyl (C=O) groups excluding carboxylic acids is 1. The fourth-order valence-electron chi connectivity index (χ4n) is 3.98. The van der Waals surface area contributed by atoms with Crippen LogP contribution in [-0.4, -0.2) is 45.5 Å². The number of amides is 1. The van der Waals surface area contributed by atoms with Gasteiger partial charge in [-0.1, -0.05) is 23.2 Å². The maximum absolute atomic E-state index is 14.1. The van der Waals surface area contributed by atoms with E-state index in [-0.39, 0.29) is 33.8 Å². The van der Waals surface area contributed by atoms with Crippen molar-refractivity contribution in [1.82, 2.24) is 0 Å². The van der Waals surface area contributed by atoms with E-state index in [1.54, 1.807) is 46.8 Å². The number of ether oxygens (including phenoxy) is 3. The van der Waals surface area contributed by atoms with Crippen LogP contribution in [0.4, 0.5) is 16.2 Å². The zero-order valence-electron chi connectivity index (χ0n) is 21.3. The lowest BCUT2D eigenvalue weighted by Gasteiger charge is -2.39. The minimum absolute atomic E-state index is 0.0227. The molecule has 0 spiro atoms. The zero-order chi connectivity index (χ0) is 27.6. The topological polar surface area (TPSA) is 102 Å². The number of rotatable bonds is 9. The first-order valence-electron chi connectivity index (χ1n) is 11.7.